The number of nitrogens with one attached hydrogen (secondary N) is 2. The van der Waals surface area contributed by atoms with Gasteiger partial charge in [0.1, 0.15) is 17.7 Å². The van der Waals surface area contributed by atoms with Crippen LogP contribution >= 0.6 is 0 Å². The van der Waals surface area contributed by atoms with Gasteiger partial charge in [-0.05, 0) is 24.3 Å². The van der Waals surface area contributed by atoms with Gasteiger partial charge >= 0.3 is 0 Å². The molecule has 3 heterocycles. The lowest BCUT2D eigenvalue weighted by Gasteiger charge is -2.31. The van der Waals surface area contributed by atoms with E-state index in [1.807, 2.05) is 17.0 Å². The van der Waals surface area contributed by atoms with Crippen LogP contribution in [0, 0.1) is 0 Å². The number of nitrogen functional groups attached to an aromatic ring is 1. The summed E-state index contributed by atoms with van der Waals surface area (Å²) in [4.78, 5) is 38.0. The Bertz CT molecular complexity index is 1050. The first-order chi connectivity index (χ1) is 13.6. The van der Waals surface area contributed by atoms with Crippen molar-refractivity contribution in [3.63, 3.8) is 0 Å². The fourth-order valence-corrected chi connectivity index (χ4v) is 3.13. The van der Waals surface area contributed by atoms with E-state index in [9.17, 15) is 9.59 Å². The van der Waals surface area contributed by atoms with Crippen LogP contribution in [-0.4, -0.2) is 51.6 Å². The zero-order valence-electron chi connectivity index (χ0n) is 15.1. The molecule has 3 aromatic rings. The van der Waals surface area contributed by atoms with Crippen LogP contribution in [0.5, 0.6) is 0 Å². The maximum Gasteiger partial charge on any atom is 0.258 e. The number of carbonyl (C=O) groups is 1. The van der Waals surface area contributed by atoms with E-state index in [1.54, 1.807) is 24.3 Å². The molecule has 1 saturated heterocycles. The fraction of sp³-hybridized carbons (Fsp3) is 0.263. The summed E-state index contributed by atoms with van der Waals surface area (Å²) in [6.45, 7) is 1.88. The number of anilines is 2. The molecule has 1 aromatic carbocycles. The summed E-state index contributed by atoms with van der Waals surface area (Å²) in [5.74, 6) is 0.693. The molecular formula is C19H20N6O3. The summed E-state index contributed by atoms with van der Waals surface area (Å²) < 4.78 is 5.61. The Kier molecular flexibility index (Phi) is 5.00. The minimum absolute atomic E-state index is 0.168. The number of nitrogens with zero attached hydrogens (tertiary/aromatic N) is 3. The predicted molar refractivity (Wildman–Crippen MR) is 105 cm³/mol. The molecule has 0 saturated carbocycles. The van der Waals surface area contributed by atoms with Crippen LogP contribution in [0.1, 0.15) is 5.82 Å². The minimum Gasteiger partial charge on any atom is -0.384 e. The number of ether oxygens (including phenoxy) is 1. The maximum absolute atomic E-state index is 12.5. The molecule has 1 aliphatic heterocycles. The topological polar surface area (TPSA) is 126 Å². The van der Waals surface area contributed by atoms with E-state index < -0.39 is 6.10 Å². The van der Waals surface area contributed by atoms with Gasteiger partial charge in [0, 0.05) is 13.1 Å². The average Bonchev–Trinajstić information content (AvgIpc) is 2.70. The number of amides is 1. The second-order valence-corrected chi connectivity index (χ2v) is 6.59. The number of hydrogen-bond acceptors (Lipinski definition) is 7. The molecule has 9 nitrogen and oxygen atoms in total. The van der Waals surface area contributed by atoms with Gasteiger partial charge in [0.05, 0.1) is 35.9 Å². The van der Waals surface area contributed by atoms with E-state index in [0.29, 0.717) is 54.5 Å². The van der Waals surface area contributed by atoms with E-state index in [2.05, 4.69) is 20.3 Å². The highest BCUT2D eigenvalue weighted by atomic mass is 16.5. The lowest BCUT2D eigenvalue weighted by molar-refractivity contribution is -0.133. The Morgan fingerprint density at radius 2 is 2.18 bits per heavy atom. The summed E-state index contributed by atoms with van der Waals surface area (Å²) in [6.07, 6.45) is 0.871. The molecule has 1 atom stereocenters. The fourth-order valence-electron chi connectivity index (χ4n) is 3.13. The number of carbonyl (C=O) groups excluding carboxylic acids is 1. The van der Waals surface area contributed by atoms with Crippen molar-refractivity contribution in [2.24, 2.45) is 0 Å². The largest absolute Gasteiger partial charge is 0.384 e. The SMILES string of the molecule is Nc1ccc(NC(=O)C2CN(Cc3nc4ccccc4c(=O)[nH]3)CCO2)cn1. The molecule has 28 heavy (non-hydrogen) atoms. The third-order valence-corrected chi connectivity index (χ3v) is 4.53. The summed E-state index contributed by atoms with van der Waals surface area (Å²) in [5, 5.41) is 3.33. The van der Waals surface area contributed by atoms with Crippen LogP contribution in [0.25, 0.3) is 10.9 Å². The Labute approximate surface area is 160 Å². The number of aromatic nitrogens is 3. The molecule has 1 amide bonds. The number of fused-ring (bicyclic) bond motifs is 1. The van der Waals surface area contributed by atoms with Crippen LogP contribution in [0.15, 0.2) is 47.4 Å². The van der Waals surface area contributed by atoms with Crippen molar-refractivity contribution in [1.29, 1.82) is 0 Å². The van der Waals surface area contributed by atoms with Gasteiger partial charge in [0.2, 0.25) is 0 Å². The highest BCUT2D eigenvalue weighted by molar-refractivity contribution is 5.94. The van der Waals surface area contributed by atoms with E-state index in [4.69, 9.17) is 10.5 Å². The molecule has 144 valence electrons. The number of hydrogen-bond donors (Lipinski definition) is 3. The van der Waals surface area contributed by atoms with Crippen molar-refractivity contribution in [3.8, 4) is 0 Å². The van der Waals surface area contributed by atoms with Gasteiger partial charge in [0.15, 0.2) is 0 Å². The maximum atomic E-state index is 12.5. The number of nitrogens with two attached hydrogens (primary N) is 1. The minimum atomic E-state index is -0.626. The van der Waals surface area contributed by atoms with Crippen LogP contribution in [-0.2, 0) is 16.1 Å². The molecular weight excluding hydrogens is 360 g/mol. The van der Waals surface area contributed by atoms with Gasteiger partial charge in [-0.2, -0.15) is 0 Å². The van der Waals surface area contributed by atoms with Gasteiger partial charge in [-0.25, -0.2) is 9.97 Å². The van der Waals surface area contributed by atoms with E-state index in [0.717, 1.165) is 0 Å². The Morgan fingerprint density at radius 1 is 1.32 bits per heavy atom. The van der Waals surface area contributed by atoms with Crippen molar-refractivity contribution < 1.29 is 9.53 Å². The number of rotatable bonds is 4. The molecule has 0 bridgehead atoms. The zero-order valence-corrected chi connectivity index (χ0v) is 15.1. The molecule has 1 unspecified atom stereocenters. The summed E-state index contributed by atoms with van der Waals surface area (Å²) in [6, 6.07) is 10.5. The normalized spacial score (nSPS) is 17.5. The average molecular weight is 380 g/mol. The number of pyridine rings is 1. The highest BCUT2D eigenvalue weighted by Crippen LogP contribution is 2.13. The van der Waals surface area contributed by atoms with Gasteiger partial charge in [-0.1, -0.05) is 12.1 Å². The Morgan fingerprint density at radius 3 is 3.00 bits per heavy atom. The number of aromatic amines is 1. The quantitative estimate of drug-likeness (QED) is 0.609. The third-order valence-electron chi connectivity index (χ3n) is 4.53. The zero-order chi connectivity index (χ0) is 19.5. The first kappa shape index (κ1) is 18.1. The molecule has 0 radical (unpaired) electrons. The molecule has 0 aliphatic carbocycles. The van der Waals surface area contributed by atoms with Crippen molar-refractivity contribution in [2.75, 3.05) is 30.7 Å². The smallest absolute Gasteiger partial charge is 0.258 e. The van der Waals surface area contributed by atoms with Crippen LogP contribution < -0.4 is 16.6 Å². The third kappa shape index (κ3) is 4.00. The monoisotopic (exact) mass is 380 g/mol. The standard InChI is InChI=1S/C19H20N6O3/c20-16-6-5-12(9-21-16)22-19(27)15-10-25(7-8-28-15)11-17-23-14-4-2-1-3-13(14)18(26)24-17/h1-6,9,15H,7-8,10-11H2,(H2,20,21)(H,22,27)(H,23,24,26). The van der Waals surface area contributed by atoms with Crippen LogP contribution in [0.3, 0.4) is 0 Å². The first-order valence-electron chi connectivity index (χ1n) is 8.93. The van der Waals surface area contributed by atoms with Crippen LogP contribution in [0.2, 0.25) is 0 Å². The molecule has 0 spiro atoms. The number of benzene rings is 1. The molecule has 4 rings (SSSR count). The molecule has 4 N–H and O–H groups in total. The first-order valence-corrected chi connectivity index (χ1v) is 8.93. The Balaban J connectivity index is 1.43. The van der Waals surface area contributed by atoms with Crippen molar-refractivity contribution >= 4 is 28.3 Å². The van der Waals surface area contributed by atoms with Gasteiger partial charge in [-0.3, -0.25) is 14.5 Å². The number of H-pyrrole nitrogens is 1. The predicted octanol–water partition coefficient (Wildman–Crippen LogP) is 0.740. The van der Waals surface area contributed by atoms with Gasteiger partial charge < -0.3 is 20.8 Å². The van der Waals surface area contributed by atoms with Crippen molar-refractivity contribution in [3.05, 3.63) is 58.8 Å². The molecule has 9 heteroatoms. The van der Waals surface area contributed by atoms with Crippen LogP contribution in [0.4, 0.5) is 11.5 Å². The summed E-state index contributed by atoms with van der Waals surface area (Å²) in [5.41, 5.74) is 6.59. The van der Waals surface area contributed by atoms with Gasteiger partial charge in [-0.15, -0.1) is 0 Å². The van der Waals surface area contributed by atoms with Gasteiger partial charge in [0.25, 0.3) is 11.5 Å². The molecule has 2 aromatic heterocycles. The highest BCUT2D eigenvalue weighted by Gasteiger charge is 2.27. The lowest BCUT2D eigenvalue weighted by atomic mass is 10.2. The van der Waals surface area contributed by atoms with E-state index in [1.165, 1.54) is 6.20 Å². The van der Waals surface area contributed by atoms with Crippen molar-refractivity contribution in [2.45, 2.75) is 12.6 Å². The second-order valence-electron chi connectivity index (χ2n) is 6.59. The summed E-state index contributed by atoms with van der Waals surface area (Å²) in [7, 11) is 0. The molecule has 1 fully saturated rings. The number of para-hydroxylation sites is 1. The van der Waals surface area contributed by atoms with Crippen molar-refractivity contribution in [1.82, 2.24) is 19.9 Å². The summed E-state index contributed by atoms with van der Waals surface area (Å²) >= 11 is 0. The molecule has 1 aliphatic rings. The van der Waals surface area contributed by atoms with E-state index >= 15 is 0 Å². The second kappa shape index (κ2) is 7.75. The Hall–Kier alpha value is -3.30. The van der Waals surface area contributed by atoms with E-state index in [-0.39, 0.29) is 11.5 Å². The number of morpholine rings is 1. The lowest BCUT2D eigenvalue weighted by Crippen LogP contribution is -2.47.